The molecule has 1 rings (SSSR count). The van der Waals surface area contributed by atoms with Gasteiger partial charge in [0.2, 0.25) is 0 Å². The molecule has 0 amide bonds. The third-order valence-electron chi connectivity index (χ3n) is 1.32. The smallest absolute Gasteiger partial charge is 0.355 e. The van der Waals surface area contributed by atoms with Gasteiger partial charge in [-0.25, -0.2) is 0 Å². The fourth-order valence-corrected chi connectivity index (χ4v) is 0.863. The Kier molecular flexibility index (Phi) is 1.66. The van der Waals surface area contributed by atoms with Gasteiger partial charge in [-0.1, -0.05) is 0 Å². The molecule has 9 heavy (non-hydrogen) atoms. The molecule has 52 valence electrons. The Labute approximate surface area is 56.6 Å². The van der Waals surface area contributed by atoms with E-state index in [1.165, 1.54) is 0 Å². The van der Waals surface area contributed by atoms with Gasteiger partial charge in [0.1, 0.15) is 12.7 Å². The highest BCUT2D eigenvalue weighted by Crippen LogP contribution is 1.81. The van der Waals surface area contributed by atoms with Crippen LogP contribution in [0.3, 0.4) is 0 Å². The van der Waals surface area contributed by atoms with E-state index in [9.17, 15) is 0 Å². The minimum atomic E-state index is 0.0711. The molecule has 1 unspecified atom stereocenters. The van der Waals surface area contributed by atoms with E-state index in [-0.39, 0.29) is 11.5 Å². The number of nitrogens with zero attached hydrogens (tertiary/aromatic N) is 1. The molecule has 0 aliphatic carbocycles. The Bertz CT molecular complexity index is 151. The molecule has 1 aliphatic heterocycles. The number of rotatable bonds is 2. The van der Waals surface area contributed by atoms with E-state index in [0.717, 1.165) is 0 Å². The minimum Gasteiger partial charge on any atom is -0.390 e. The summed E-state index contributed by atoms with van der Waals surface area (Å²) in [6.45, 7) is 1.18. The van der Waals surface area contributed by atoms with E-state index < -0.39 is 0 Å². The summed E-state index contributed by atoms with van der Waals surface area (Å²) in [5.74, 6) is 0. The number of quaternary nitrogens is 1. The number of hydrogen-bond acceptors (Lipinski definition) is 2. The lowest BCUT2D eigenvalue weighted by Crippen LogP contribution is -3.07. The summed E-state index contributed by atoms with van der Waals surface area (Å²) in [6, 6.07) is 0. The summed E-state index contributed by atoms with van der Waals surface area (Å²) in [4.78, 5) is 2.01. The van der Waals surface area contributed by atoms with Gasteiger partial charge in [0, 0.05) is 7.05 Å². The van der Waals surface area contributed by atoms with Crippen molar-refractivity contribution < 1.29 is 11.4 Å². The summed E-state index contributed by atoms with van der Waals surface area (Å²) in [7, 11) is 1.92. The van der Waals surface area contributed by atoms with Crippen LogP contribution < -0.4 is 4.89 Å². The van der Waals surface area contributed by atoms with Gasteiger partial charge in [-0.2, -0.15) is 0 Å². The van der Waals surface area contributed by atoms with E-state index in [4.69, 9.17) is 6.52 Å². The van der Waals surface area contributed by atoms with Crippen LogP contribution in [0.4, 0.5) is 0 Å². The first-order chi connectivity index (χ1) is 4.66. The summed E-state index contributed by atoms with van der Waals surface area (Å²) < 4.78 is 7.66. The zero-order chi connectivity index (χ0) is 7.61. The standard InChI is InChI=1S/C6H12N2O/c1-7-2-3-8(6-7)4-5-9/h2-3,9H,4-6H2,1H3/p+1/i/hD. The van der Waals surface area contributed by atoms with Gasteiger partial charge < -0.3 is 10.0 Å². The molecule has 0 radical (unpaired) electrons. The van der Waals surface area contributed by atoms with Crippen LogP contribution >= 0.6 is 0 Å². The van der Waals surface area contributed by atoms with Gasteiger partial charge >= 0.3 is 1.41 Å². The maximum absolute atomic E-state index is 8.59. The van der Waals surface area contributed by atoms with Crippen LogP contribution in [-0.4, -0.2) is 36.9 Å². The lowest BCUT2D eigenvalue weighted by atomic mass is 10.6. The maximum atomic E-state index is 8.59. The van der Waals surface area contributed by atoms with E-state index >= 15 is 0 Å². The molecule has 0 aromatic heterocycles. The van der Waals surface area contributed by atoms with Crippen molar-refractivity contribution >= 4 is 0 Å². The van der Waals surface area contributed by atoms with Crippen molar-refractivity contribution in [3.05, 3.63) is 12.4 Å². The molecule has 0 aromatic carbocycles. The zero-order valence-corrected chi connectivity index (χ0v) is 5.62. The Morgan fingerprint density at radius 3 is 3.22 bits per heavy atom. The monoisotopic (exact) mass is 130 g/mol. The average Bonchev–Trinajstić information content (AvgIpc) is 2.12. The highest BCUT2D eigenvalue weighted by molar-refractivity contribution is 4.74. The molecule has 0 bridgehead atoms. The molecular formula is C6H13N2O+. The van der Waals surface area contributed by atoms with Crippen LogP contribution in [0.5, 0.6) is 0 Å². The molecule has 0 fully saturated rings. The topological polar surface area (TPSA) is 27.9 Å². The van der Waals surface area contributed by atoms with Gasteiger partial charge in [-0.3, -0.25) is 4.89 Å². The van der Waals surface area contributed by atoms with Crippen LogP contribution in [0.15, 0.2) is 12.4 Å². The van der Waals surface area contributed by atoms with E-state index in [0.29, 0.717) is 13.2 Å². The van der Waals surface area contributed by atoms with Crippen LogP contribution in [-0.2, 0) is 0 Å². The van der Waals surface area contributed by atoms with Crippen molar-refractivity contribution in [3.8, 4) is 0 Å². The molecule has 3 nitrogen and oxygen atoms in total. The fourth-order valence-electron chi connectivity index (χ4n) is 0.863. The summed E-state index contributed by atoms with van der Waals surface area (Å²) in [5.41, 5.74) is 0. The first-order valence-electron chi connectivity index (χ1n) is 3.51. The van der Waals surface area contributed by atoms with Gasteiger partial charge in [0.15, 0.2) is 6.67 Å². The van der Waals surface area contributed by atoms with Crippen LogP contribution in [0.1, 0.15) is 0 Å². The number of hydrogen-bond donors (Lipinski definition) is 2. The quantitative estimate of drug-likeness (QED) is 0.463. The lowest BCUT2D eigenvalue weighted by molar-refractivity contribution is -0.849. The second-order valence-electron chi connectivity index (χ2n) is 2.23. The molecule has 0 saturated carbocycles. The first kappa shape index (κ1) is 5.26. The van der Waals surface area contributed by atoms with Crippen LogP contribution in [0.25, 0.3) is 0 Å². The van der Waals surface area contributed by atoms with Crippen molar-refractivity contribution in [3.63, 3.8) is 0 Å². The van der Waals surface area contributed by atoms with E-state index in [1.807, 2.05) is 18.1 Å². The Balaban J connectivity index is 2.48. The third-order valence-corrected chi connectivity index (χ3v) is 1.32. The third kappa shape index (κ3) is 1.69. The Morgan fingerprint density at radius 2 is 2.78 bits per heavy atom. The SMILES string of the molecule is [2H][N+]1(CCO)C=CN(C)C1. The number of aliphatic hydroxyl groups is 1. The maximum Gasteiger partial charge on any atom is 0.355 e. The predicted molar refractivity (Wildman–Crippen MR) is 34.7 cm³/mol. The van der Waals surface area contributed by atoms with Crippen molar-refractivity contribution in [2.24, 2.45) is 0 Å². The van der Waals surface area contributed by atoms with Gasteiger partial charge in [0.05, 0.1) is 12.8 Å². The number of aliphatic hydroxyl groups excluding tert-OH is 1. The predicted octanol–water partition coefficient (Wildman–Crippen LogP) is -1.76. The normalized spacial score (nSPS) is 35.3. The van der Waals surface area contributed by atoms with Crippen molar-refractivity contribution in [2.45, 2.75) is 0 Å². The molecule has 1 heterocycles. The van der Waals surface area contributed by atoms with Crippen molar-refractivity contribution in [1.29, 1.82) is 0 Å². The second-order valence-corrected chi connectivity index (χ2v) is 2.23. The molecular weight excluding hydrogens is 116 g/mol. The molecule has 0 saturated heterocycles. The fraction of sp³-hybridized carbons (Fsp3) is 0.667. The molecule has 3 heteroatoms. The molecule has 2 N–H and O–H groups in total. The Morgan fingerprint density at radius 1 is 2.00 bits per heavy atom. The van der Waals surface area contributed by atoms with E-state index in [2.05, 4.69) is 0 Å². The molecule has 1 atom stereocenters. The molecule has 1 aliphatic rings. The highest BCUT2D eigenvalue weighted by atomic mass is 16.3. The minimum absolute atomic E-state index is 0.0711. The largest absolute Gasteiger partial charge is 0.390 e. The van der Waals surface area contributed by atoms with Gasteiger partial charge in [0.25, 0.3) is 0 Å². The van der Waals surface area contributed by atoms with Crippen LogP contribution in [0.2, 0.25) is 1.41 Å². The summed E-state index contributed by atoms with van der Waals surface area (Å²) in [6.07, 6.45) is 3.64. The van der Waals surface area contributed by atoms with Crippen molar-refractivity contribution in [2.75, 3.05) is 26.9 Å². The molecule has 0 spiro atoms. The highest BCUT2D eigenvalue weighted by Gasteiger charge is 2.11. The summed E-state index contributed by atoms with van der Waals surface area (Å²) >= 11 is 0. The van der Waals surface area contributed by atoms with Crippen molar-refractivity contribution in [1.82, 2.24) is 4.90 Å². The zero-order valence-electron chi connectivity index (χ0n) is 6.62. The van der Waals surface area contributed by atoms with Gasteiger partial charge in [-0.05, 0) is 0 Å². The average molecular weight is 130 g/mol. The van der Waals surface area contributed by atoms with E-state index in [1.54, 1.807) is 6.20 Å². The van der Waals surface area contributed by atoms with Gasteiger partial charge in [-0.15, -0.1) is 0 Å². The first-order valence-corrected chi connectivity index (χ1v) is 3.06. The Hall–Kier alpha value is -0.540. The second kappa shape index (κ2) is 2.85. The summed E-state index contributed by atoms with van der Waals surface area (Å²) in [5, 5.41) is 8.59. The lowest BCUT2D eigenvalue weighted by Gasteiger charge is -2.10. The molecule has 0 aromatic rings. The van der Waals surface area contributed by atoms with Crippen LogP contribution in [0, 0.1) is 0 Å². The number of nitrogens with one attached hydrogen (secondary N) is 1.